The van der Waals surface area contributed by atoms with Crippen molar-refractivity contribution in [3.63, 3.8) is 0 Å². The van der Waals surface area contributed by atoms with Crippen LogP contribution in [0.15, 0.2) is 16.5 Å². The topological polar surface area (TPSA) is 25.2 Å². The molecule has 0 amide bonds. The van der Waals surface area contributed by atoms with Gasteiger partial charge in [-0.15, -0.1) is 0 Å². The average molecular weight is 218 g/mol. The molecule has 0 aliphatic heterocycles. The lowest BCUT2D eigenvalue weighted by atomic mass is 10.2. The molecule has 0 spiro atoms. The van der Waals surface area contributed by atoms with Crippen LogP contribution in [0.3, 0.4) is 0 Å². The fourth-order valence-electron chi connectivity index (χ4n) is 1.82. The van der Waals surface area contributed by atoms with Gasteiger partial charge in [0.2, 0.25) is 0 Å². The summed E-state index contributed by atoms with van der Waals surface area (Å²) in [7, 11) is 0. The molecule has 1 fully saturated rings. The molecule has 2 nitrogen and oxygen atoms in total. The largest absolute Gasteiger partial charge is 0.448 e. The Morgan fingerprint density at radius 3 is 2.93 bits per heavy atom. The van der Waals surface area contributed by atoms with E-state index in [-0.39, 0.29) is 6.04 Å². The van der Waals surface area contributed by atoms with Crippen LogP contribution < -0.4 is 5.32 Å². The molecule has 0 radical (unpaired) electrons. The van der Waals surface area contributed by atoms with E-state index in [1.165, 1.54) is 0 Å². The molecule has 1 aliphatic rings. The van der Waals surface area contributed by atoms with E-state index in [4.69, 9.17) is 16.0 Å². The molecular formula is C10H13ClFNO. The van der Waals surface area contributed by atoms with E-state index in [0.717, 1.165) is 18.6 Å². The van der Waals surface area contributed by atoms with Gasteiger partial charge in [0.25, 0.3) is 0 Å². The molecule has 0 saturated heterocycles. The zero-order chi connectivity index (χ0) is 9.97. The third kappa shape index (κ3) is 2.28. The second kappa shape index (κ2) is 4.32. The number of alkyl halides is 1. The van der Waals surface area contributed by atoms with Gasteiger partial charge in [-0.1, -0.05) is 0 Å². The third-order valence-corrected chi connectivity index (χ3v) is 2.80. The SMILES string of the molecule is F[C@H]1CCC[C@H]1NCc1ccc(Cl)o1. The van der Waals surface area contributed by atoms with Crippen molar-refractivity contribution in [2.24, 2.45) is 0 Å². The Hall–Kier alpha value is -0.540. The van der Waals surface area contributed by atoms with Crippen LogP contribution in [0.25, 0.3) is 0 Å². The van der Waals surface area contributed by atoms with Crippen molar-refractivity contribution in [2.45, 2.75) is 38.0 Å². The zero-order valence-electron chi connectivity index (χ0n) is 7.80. The fraction of sp³-hybridized carbons (Fsp3) is 0.600. The maximum absolute atomic E-state index is 13.2. The first-order valence-corrected chi connectivity index (χ1v) is 5.25. The molecule has 1 aromatic heterocycles. The van der Waals surface area contributed by atoms with Crippen molar-refractivity contribution in [3.8, 4) is 0 Å². The molecule has 0 bridgehead atoms. The van der Waals surface area contributed by atoms with E-state index >= 15 is 0 Å². The lowest BCUT2D eigenvalue weighted by Crippen LogP contribution is -2.32. The summed E-state index contributed by atoms with van der Waals surface area (Å²) in [6.07, 6.45) is 1.85. The Morgan fingerprint density at radius 1 is 1.50 bits per heavy atom. The van der Waals surface area contributed by atoms with Crippen LogP contribution in [-0.2, 0) is 6.54 Å². The van der Waals surface area contributed by atoms with Gasteiger partial charge in [0.05, 0.1) is 6.54 Å². The summed E-state index contributed by atoms with van der Waals surface area (Å²) >= 11 is 5.62. The standard InChI is InChI=1S/C10H13ClFNO/c11-10-5-4-7(14-10)6-13-9-3-1-2-8(9)12/h4-5,8-9,13H,1-3,6H2/t8-,9+/m0/s1. The molecule has 0 unspecified atom stereocenters. The highest BCUT2D eigenvalue weighted by Crippen LogP contribution is 2.22. The first-order valence-electron chi connectivity index (χ1n) is 4.87. The predicted octanol–water partition coefficient (Wildman–Crippen LogP) is 2.91. The Bertz CT molecular complexity index is 302. The van der Waals surface area contributed by atoms with Crippen molar-refractivity contribution < 1.29 is 8.81 Å². The number of hydrogen-bond donors (Lipinski definition) is 1. The summed E-state index contributed by atoms with van der Waals surface area (Å²) < 4.78 is 18.3. The minimum Gasteiger partial charge on any atom is -0.448 e. The van der Waals surface area contributed by atoms with Crippen LogP contribution in [0, 0.1) is 0 Å². The lowest BCUT2D eigenvalue weighted by molar-refractivity contribution is 0.274. The summed E-state index contributed by atoms with van der Waals surface area (Å²) in [6, 6.07) is 3.48. The van der Waals surface area contributed by atoms with Crippen LogP contribution in [0.2, 0.25) is 5.22 Å². The maximum Gasteiger partial charge on any atom is 0.193 e. The molecule has 2 atom stereocenters. The van der Waals surface area contributed by atoms with Crippen molar-refractivity contribution >= 4 is 11.6 Å². The molecular weight excluding hydrogens is 205 g/mol. The van der Waals surface area contributed by atoms with Crippen molar-refractivity contribution in [1.82, 2.24) is 5.32 Å². The Balaban J connectivity index is 1.82. The number of rotatable bonds is 3. The minimum atomic E-state index is -0.708. The zero-order valence-corrected chi connectivity index (χ0v) is 8.56. The van der Waals surface area contributed by atoms with E-state index in [0.29, 0.717) is 18.2 Å². The van der Waals surface area contributed by atoms with Gasteiger partial charge in [-0.2, -0.15) is 0 Å². The quantitative estimate of drug-likeness (QED) is 0.842. The molecule has 0 aromatic carbocycles. The molecule has 4 heteroatoms. The fourth-order valence-corrected chi connectivity index (χ4v) is 1.99. The molecule has 1 N–H and O–H groups in total. The van der Waals surface area contributed by atoms with Gasteiger partial charge in [0, 0.05) is 6.04 Å². The van der Waals surface area contributed by atoms with E-state index in [1.807, 2.05) is 0 Å². The lowest BCUT2D eigenvalue weighted by Gasteiger charge is -2.13. The molecule has 1 saturated carbocycles. The van der Waals surface area contributed by atoms with Gasteiger partial charge in [-0.05, 0) is 43.0 Å². The minimum absolute atomic E-state index is 0.0149. The van der Waals surface area contributed by atoms with Gasteiger partial charge >= 0.3 is 0 Å². The normalized spacial score (nSPS) is 27.0. The average Bonchev–Trinajstić information content (AvgIpc) is 2.72. The molecule has 78 valence electrons. The van der Waals surface area contributed by atoms with Crippen molar-refractivity contribution in [1.29, 1.82) is 0 Å². The van der Waals surface area contributed by atoms with Crippen LogP contribution in [0.4, 0.5) is 4.39 Å². The summed E-state index contributed by atoms with van der Waals surface area (Å²) in [5, 5.41) is 3.51. The Kier molecular flexibility index (Phi) is 3.08. The third-order valence-electron chi connectivity index (χ3n) is 2.60. The summed E-state index contributed by atoms with van der Waals surface area (Å²) in [5.41, 5.74) is 0. The molecule has 1 heterocycles. The number of nitrogens with one attached hydrogen (secondary N) is 1. The molecule has 2 rings (SSSR count). The number of hydrogen-bond acceptors (Lipinski definition) is 2. The van der Waals surface area contributed by atoms with Crippen LogP contribution in [0.1, 0.15) is 25.0 Å². The first kappa shape index (κ1) is 9.99. The monoisotopic (exact) mass is 217 g/mol. The van der Waals surface area contributed by atoms with Crippen LogP contribution in [0.5, 0.6) is 0 Å². The van der Waals surface area contributed by atoms with Gasteiger partial charge in [-0.3, -0.25) is 0 Å². The second-order valence-corrected chi connectivity index (χ2v) is 4.01. The molecule has 14 heavy (non-hydrogen) atoms. The van der Waals surface area contributed by atoms with E-state index in [2.05, 4.69) is 5.32 Å². The molecule has 1 aromatic rings. The van der Waals surface area contributed by atoms with Gasteiger partial charge in [0.1, 0.15) is 11.9 Å². The van der Waals surface area contributed by atoms with Crippen LogP contribution >= 0.6 is 11.6 Å². The number of halogens is 2. The Labute approximate surface area is 87.4 Å². The van der Waals surface area contributed by atoms with E-state index in [9.17, 15) is 4.39 Å². The van der Waals surface area contributed by atoms with Crippen molar-refractivity contribution in [2.75, 3.05) is 0 Å². The predicted molar refractivity (Wildman–Crippen MR) is 53.1 cm³/mol. The molecule has 1 aliphatic carbocycles. The maximum atomic E-state index is 13.2. The Morgan fingerprint density at radius 2 is 2.36 bits per heavy atom. The van der Waals surface area contributed by atoms with Gasteiger partial charge in [0.15, 0.2) is 5.22 Å². The summed E-state index contributed by atoms with van der Waals surface area (Å²) in [6.45, 7) is 0.553. The van der Waals surface area contributed by atoms with Gasteiger partial charge in [-0.25, -0.2) is 4.39 Å². The first-order chi connectivity index (χ1) is 6.75. The van der Waals surface area contributed by atoms with E-state index < -0.39 is 6.17 Å². The van der Waals surface area contributed by atoms with Crippen LogP contribution in [-0.4, -0.2) is 12.2 Å². The van der Waals surface area contributed by atoms with Gasteiger partial charge < -0.3 is 9.73 Å². The highest BCUT2D eigenvalue weighted by molar-refractivity contribution is 6.28. The van der Waals surface area contributed by atoms with Crippen molar-refractivity contribution in [3.05, 3.63) is 23.1 Å². The second-order valence-electron chi connectivity index (χ2n) is 3.64. The van der Waals surface area contributed by atoms with E-state index in [1.54, 1.807) is 12.1 Å². The highest BCUT2D eigenvalue weighted by atomic mass is 35.5. The number of furan rings is 1. The smallest absolute Gasteiger partial charge is 0.193 e. The summed E-state index contributed by atoms with van der Waals surface area (Å²) in [4.78, 5) is 0. The highest BCUT2D eigenvalue weighted by Gasteiger charge is 2.26. The summed E-state index contributed by atoms with van der Waals surface area (Å²) in [5.74, 6) is 0.758.